The van der Waals surface area contributed by atoms with Gasteiger partial charge in [-0.15, -0.1) is 0 Å². The maximum atomic E-state index is 13.4. The highest BCUT2D eigenvalue weighted by Crippen LogP contribution is 2.18. The second-order valence-corrected chi connectivity index (χ2v) is 7.36. The standard InChI is InChI=1S/C20H30F2N4O/c1-5-23-20(25-16-8-9-26(12-16)19(27)13(2)3)24-11-14(4)15-6-7-17(21)18(22)10-15/h6-7,10,13-14,16H,5,8-9,11-12H2,1-4H3,(H2,23,24,25). The number of aliphatic imine (C=N–C) groups is 1. The van der Waals surface area contributed by atoms with E-state index in [2.05, 4.69) is 15.6 Å². The first-order valence-electron chi connectivity index (χ1n) is 9.60. The number of halogens is 2. The van der Waals surface area contributed by atoms with Gasteiger partial charge in [-0.2, -0.15) is 0 Å². The number of benzene rings is 1. The Morgan fingerprint density at radius 1 is 1.30 bits per heavy atom. The molecule has 150 valence electrons. The number of nitrogens with one attached hydrogen (secondary N) is 2. The van der Waals surface area contributed by atoms with Crippen LogP contribution < -0.4 is 10.6 Å². The normalized spacial score (nSPS) is 18.7. The summed E-state index contributed by atoms with van der Waals surface area (Å²) >= 11 is 0. The highest BCUT2D eigenvalue weighted by molar-refractivity contribution is 5.81. The van der Waals surface area contributed by atoms with E-state index in [9.17, 15) is 13.6 Å². The van der Waals surface area contributed by atoms with Crippen molar-refractivity contribution >= 4 is 11.9 Å². The van der Waals surface area contributed by atoms with E-state index in [1.54, 1.807) is 6.07 Å². The number of rotatable bonds is 6. The summed E-state index contributed by atoms with van der Waals surface area (Å²) in [5.74, 6) is -0.870. The molecule has 7 heteroatoms. The van der Waals surface area contributed by atoms with Crippen molar-refractivity contribution in [2.24, 2.45) is 10.9 Å². The molecular formula is C20H30F2N4O. The van der Waals surface area contributed by atoms with Crippen LogP contribution >= 0.6 is 0 Å². The minimum atomic E-state index is -0.841. The van der Waals surface area contributed by atoms with Gasteiger partial charge < -0.3 is 15.5 Å². The third-order valence-electron chi connectivity index (χ3n) is 4.71. The molecular weight excluding hydrogens is 350 g/mol. The largest absolute Gasteiger partial charge is 0.357 e. The topological polar surface area (TPSA) is 56.7 Å². The molecule has 1 amide bonds. The Balaban J connectivity index is 1.96. The van der Waals surface area contributed by atoms with Gasteiger partial charge in [0.2, 0.25) is 5.91 Å². The van der Waals surface area contributed by atoms with Crippen LogP contribution in [-0.2, 0) is 4.79 Å². The molecule has 2 rings (SSSR count). The monoisotopic (exact) mass is 380 g/mol. The Hall–Kier alpha value is -2.18. The minimum Gasteiger partial charge on any atom is -0.357 e. The van der Waals surface area contributed by atoms with Gasteiger partial charge in [0.1, 0.15) is 0 Å². The highest BCUT2D eigenvalue weighted by Gasteiger charge is 2.28. The van der Waals surface area contributed by atoms with E-state index in [4.69, 9.17) is 0 Å². The first-order chi connectivity index (χ1) is 12.8. The molecule has 0 aromatic heterocycles. The highest BCUT2D eigenvalue weighted by atomic mass is 19.2. The van der Waals surface area contributed by atoms with Crippen molar-refractivity contribution in [2.75, 3.05) is 26.2 Å². The zero-order chi connectivity index (χ0) is 20.0. The van der Waals surface area contributed by atoms with Crippen LogP contribution in [0.15, 0.2) is 23.2 Å². The SMILES string of the molecule is CCNC(=NCC(C)c1ccc(F)c(F)c1)NC1CCN(C(=O)C(C)C)C1. The van der Waals surface area contributed by atoms with E-state index in [1.165, 1.54) is 6.07 Å². The maximum absolute atomic E-state index is 13.4. The molecule has 1 fully saturated rings. The lowest BCUT2D eigenvalue weighted by molar-refractivity contribution is -0.133. The fraction of sp³-hybridized carbons (Fsp3) is 0.600. The number of nitrogens with zero attached hydrogens (tertiary/aromatic N) is 2. The lowest BCUT2D eigenvalue weighted by atomic mass is 10.0. The number of hydrogen-bond acceptors (Lipinski definition) is 2. The van der Waals surface area contributed by atoms with Gasteiger partial charge in [0, 0.05) is 44.1 Å². The molecule has 1 heterocycles. The van der Waals surface area contributed by atoms with Crippen molar-refractivity contribution in [3.8, 4) is 0 Å². The molecule has 0 radical (unpaired) electrons. The van der Waals surface area contributed by atoms with E-state index in [1.807, 2.05) is 32.6 Å². The molecule has 0 aliphatic carbocycles. The smallest absolute Gasteiger partial charge is 0.225 e. The lowest BCUT2D eigenvalue weighted by Gasteiger charge is -2.20. The summed E-state index contributed by atoms with van der Waals surface area (Å²) in [6.45, 7) is 10.3. The van der Waals surface area contributed by atoms with Crippen LogP contribution in [0, 0.1) is 17.6 Å². The first kappa shape index (κ1) is 21.1. The summed E-state index contributed by atoms with van der Waals surface area (Å²) in [7, 11) is 0. The van der Waals surface area contributed by atoms with Gasteiger partial charge in [-0.25, -0.2) is 8.78 Å². The third-order valence-corrected chi connectivity index (χ3v) is 4.71. The second-order valence-electron chi connectivity index (χ2n) is 7.36. The second kappa shape index (κ2) is 9.67. The van der Waals surface area contributed by atoms with E-state index >= 15 is 0 Å². The zero-order valence-corrected chi connectivity index (χ0v) is 16.6. The van der Waals surface area contributed by atoms with Crippen molar-refractivity contribution in [1.82, 2.24) is 15.5 Å². The van der Waals surface area contributed by atoms with Crippen molar-refractivity contribution in [3.05, 3.63) is 35.4 Å². The summed E-state index contributed by atoms with van der Waals surface area (Å²) in [6.07, 6.45) is 0.877. The lowest BCUT2D eigenvalue weighted by Crippen LogP contribution is -2.45. The van der Waals surface area contributed by atoms with Crippen LogP contribution in [0.25, 0.3) is 0 Å². The quantitative estimate of drug-likeness (QED) is 0.589. The predicted octanol–water partition coefficient (Wildman–Crippen LogP) is 2.88. The predicted molar refractivity (Wildman–Crippen MR) is 104 cm³/mol. The van der Waals surface area contributed by atoms with Crippen LogP contribution in [0.3, 0.4) is 0 Å². The van der Waals surface area contributed by atoms with E-state index in [0.29, 0.717) is 31.2 Å². The molecule has 27 heavy (non-hydrogen) atoms. The zero-order valence-electron chi connectivity index (χ0n) is 16.6. The fourth-order valence-corrected chi connectivity index (χ4v) is 3.11. The van der Waals surface area contributed by atoms with Crippen LogP contribution in [0.2, 0.25) is 0 Å². The van der Waals surface area contributed by atoms with Crippen molar-refractivity contribution in [2.45, 2.75) is 46.1 Å². The molecule has 1 aliphatic rings. The molecule has 0 spiro atoms. The molecule has 2 atom stereocenters. The van der Waals surface area contributed by atoms with Crippen molar-refractivity contribution < 1.29 is 13.6 Å². The van der Waals surface area contributed by atoms with Crippen molar-refractivity contribution in [1.29, 1.82) is 0 Å². The first-order valence-corrected chi connectivity index (χ1v) is 9.60. The summed E-state index contributed by atoms with van der Waals surface area (Å²) in [4.78, 5) is 18.6. The Morgan fingerprint density at radius 3 is 2.67 bits per heavy atom. The van der Waals surface area contributed by atoms with Gasteiger partial charge in [0.15, 0.2) is 17.6 Å². The summed E-state index contributed by atoms with van der Waals surface area (Å²) < 4.78 is 26.5. The summed E-state index contributed by atoms with van der Waals surface area (Å²) in [5.41, 5.74) is 0.711. The average molecular weight is 380 g/mol. The van der Waals surface area contributed by atoms with Crippen LogP contribution in [-0.4, -0.2) is 49.0 Å². The molecule has 1 saturated heterocycles. The van der Waals surface area contributed by atoms with E-state index < -0.39 is 11.6 Å². The van der Waals surface area contributed by atoms with Crippen LogP contribution in [0.4, 0.5) is 8.78 Å². The Labute approximate surface area is 160 Å². The van der Waals surface area contributed by atoms with Gasteiger partial charge in [0.05, 0.1) is 0 Å². The number of guanidine groups is 1. The van der Waals surface area contributed by atoms with Gasteiger partial charge >= 0.3 is 0 Å². The molecule has 1 aromatic carbocycles. The number of amides is 1. The number of likely N-dealkylation sites (tertiary alicyclic amines) is 1. The van der Waals surface area contributed by atoms with E-state index in [0.717, 1.165) is 19.0 Å². The molecule has 2 N–H and O–H groups in total. The Morgan fingerprint density at radius 2 is 2.04 bits per heavy atom. The summed E-state index contributed by atoms with van der Waals surface area (Å²) in [6, 6.07) is 4.12. The molecule has 0 bridgehead atoms. The number of carbonyl (C=O) groups is 1. The van der Waals surface area contributed by atoms with Gasteiger partial charge in [-0.1, -0.05) is 26.8 Å². The minimum absolute atomic E-state index is 0.00242. The van der Waals surface area contributed by atoms with Gasteiger partial charge in [-0.05, 0) is 31.0 Å². The number of hydrogen-bond donors (Lipinski definition) is 2. The Kier molecular flexibility index (Phi) is 7.56. The molecule has 2 unspecified atom stereocenters. The van der Waals surface area contributed by atoms with E-state index in [-0.39, 0.29) is 23.8 Å². The maximum Gasteiger partial charge on any atom is 0.225 e. The van der Waals surface area contributed by atoms with Gasteiger partial charge in [0.25, 0.3) is 0 Å². The molecule has 0 saturated carbocycles. The number of carbonyl (C=O) groups excluding carboxylic acids is 1. The van der Waals surface area contributed by atoms with Crippen LogP contribution in [0.5, 0.6) is 0 Å². The fourth-order valence-electron chi connectivity index (χ4n) is 3.11. The molecule has 5 nitrogen and oxygen atoms in total. The van der Waals surface area contributed by atoms with Crippen molar-refractivity contribution in [3.63, 3.8) is 0 Å². The summed E-state index contributed by atoms with van der Waals surface area (Å²) in [5, 5.41) is 6.58. The average Bonchev–Trinajstić information content (AvgIpc) is 3.09. The third kappa shape index (κ3) is 5.91. The molecule has 1 aromatic rings. The van der Waals surface area contributed by atoms with Crippen LogP contribution in [0.1, 0.15) is 45.6 Å². The molecule has 1 aliphatic heterocycles. The van der Waals surface area contributed by atoms with Gasteiger partial charge in [-0.3, -0.25) is 9.79 Å². The Bertz CT molecular complexity index is 678.